The Balaban J connectivity index is 1.82. The number of hydrogen-bond donors (Lipinski definition) is 2. The summed E-state index contributed by atoms with van der Waals surface area (Å²) < 4.78 is 0. The molecule has 0 aliphatic heterocycles. The summed E-state index contributed by atoms with van der Waals surface area (Å²) >= 11 is 0. The summed E-state index contributed by atoms with van der Waals surface area (Å²) in [6, 6.07) is 18.9. The highest BCUT2D eigenvalue weighted by Gasteiger charge is 2.15. The maximum Gasteiger partial charge on any atom is 0.268 e. The molecule has 3 rings (SSSR count). The lowest BCUT2D eigenvalue weighted by Gasteiger charge is -2.12. The number of aryl methyl sites for hydroxylation is 1. The van der Waals surface area contributed by atoms with Gasteiger partial charge in [-0.25, -0.2) is 0 Å². The van der Waals surface area contributed by atoms with Crippen molar-refractivity contribution in [1.82, 2.24) is 15.6 Å². The normalized spacial score (nSPS) is 11.3. The van der Waals surface area contributed by atoms with Crippen molar-refractivity contribution in [3.05, 3.63) is 107 Å². The highest BCUT2D eigenvalue weighted by atomic mass is 16.2. The van der Waals surface area contributed by atoms with Crippen LogP contribution in [0.15, 0.2) is 78.8 Å². The molecule has 0 fully saturated rings. The first-order valence-corrected chi connectivity index (χ1v) is 10.3. The third kappa shape index (κ3) is 6.37. The van der Waals surface area contributed by atoms with Gasteiger partial charge in [0.15, 0.2) is 0 Å². The maximum atomic E-state index is 12.9. The fourth-order valence-corrected chi connectivity index (χ4v) is 2.98. The molecule has 5 heteroatoms. The average Bonchev–Trinajstić information content (AvgIpc) is 2.78. The number of carbonyl (C=O) groups excluding carboxylic acids is 2. The van der Waals surface area contributed by atoms with Crippen LogP contribution < -0.4 is 10.6 Å². The SMILES string of the molecule is Cc1ccc(C(=O)NC(=Cc2ccc(C(C)C)cc2)C(=O)NCc2cccnc2)cc1. The van der Waals surface area contributed by atoms with Crippen LogP contribution in [0.5, 0.6) is 0 Å². The van der Waals surface area contributed by atoms with Gasteiger partial charge in [0.25, 0.3) is 11.8 Å². The van der Waals surface area contributed by atoms with E-state index in [9.17, 15) is 9.59 Å². The molecule has 0 unspecified atom stereocenters. The number of nitrogens with zero attached hydrogens (tertiary/aromatic N) is 1. The molecule has 0 radical (unpaired) electrons. The van der Waals surface area contributed by atoms with E-state index in [4.69, 9.17) is 0 Å². The third-order valence-corrected chi connectivity index (χ3v) is 4.90. The lowest BCUT2D eigenvalue weighted by molar-refractivity contribution is -0.117. The van der Waals surface area contributed by atoms with E-state index in [1.54, 1.807) is 30.6 Å². The van der Waals surface area contributed by atoms with Crippen LogP contribution in [0.3, 0.4) is 0 Å². The molecule has 0 aliphatic rings. The topological polar surface area (TPSA) is 71.1 Å². The fraction of sp³-hybridized carbons (Fsp3) is 0.192. The van der Waals surface area contributed by atoms with Crippen molar-refractivity contribution < 1.29 is 9.59 Å². The Bertz CT molecular complexity index is 1050. The summed E-state index contributed by atoms with van der Waals surface area (Å²) in [5.41, 5.74) is 4.66. The second kappa shape index (κ2) is 10.3. The molecule has 1 heterocycles. The molecule has 0 atom stereocenters. The molecule has 2 aromatic carbocycles. The number of hydrogen-bond acceptors (Lipinski definition) is 3. The Hall–Kier alpha value is -3.73. The minimum absolute atomic E-state index is 0.187. The predicted octanol–water partition coefficient (Wildman–Crippen LogP) is 4.60. The molecule has 2 N–H and O–H groups in total. The summed E-state index contributed by atoms with van der Waals surface area (Å²) in [5.74, 6) is -0.277. The quantitative estimate of drug-likeness (QED) is 0.556. The van der Waals surface area contributed by atoms with Crippen molar-refractivity contribution in [3.8, 4) is 0 Å². The molecule has 5 nitrogen and oxygen atoms in total. The Labute approximate surface area is 183 Å². The van der Waals surface area contributed by atoms with E-state index in [1.807, 2.05) is 55.5 Å². The van der Waals surface area contributed by atoms with Gasteiger partial charge in [0.1, 0.15) is 5.70 Å². The first-order valence-electron chi connectivity index (χ1n) is 10.3. The van der Waals surface area contributed by atoms with Gasteiger partial charge in [0, 0.05) is 24.5 Å². The zero-order valence-corrected chi connectivity index (χ0v) is 18.1. The maximum absolute atomic E-state index is 12.9. The predicted molar refractivity (Wildman–Crippen MR) is 123 cm³/mol. The second-order valence-electron chi connectivity index (χ2n) is 7.74. The molecule has 0 saturated carbocycles. The fourth-order valence-electron chi connectivity index (χ4n) is 2.98. The van der Waals surface area contributed by atoms with Gasteiger partial charge in [0.2, 0.25) is 0 Å². The third-order valence-electron chi connectivity index (χ3n) is 4.90. The van der Waals surface area contributed by atoms with E-state index in [0.29, 0.717) is 18.0 Å². The van der Waals surface area contributed by atoms with Gasteiger partial charge in [-0.05, 0) is 53.8 Å². The molecule has 2 amide bonds. The molecule has 0 bridgehead atoms. The van der Waals surface area contributed by atoms with Gasteiger partial charge in [0.05, 0.1) is 0 Å². The van der Waals surface area contributed by atoms with Gasteiger partial charge in [-0.15, -0.1) is 0 Å². The van der Waals surface area contributed by atoms with Crippen molar-refractivity contribution in [2.75, 3.05) is 0 Å². The number of nitrogens with one attached hydrogen (secondary N) is 2. The molecule has 0 spiro atoms. The van der Waals surface area contributed by atoms with Crippen LogP contribution in [0.25, 0.3) is 6.08 Å². The van der Waals surface area contributed by atoms with Crippen molar-refractivity contribution >= 4 is 17.9 Å². The number of aromatic nitrogens is 1. The van der Waals surface area contributed by atoms with Gasteiger partial charge >= 0.3 is 0 Å². The van der Waals surface area contributed by atoms with Crippen molar-refractivity contribution in [3.63, 3.8) is 0 Å². The molecule has 158 valence electrons. The van der Waals surface area contributed by atoms with E-state index in [2.05, 4.69) is 29.5 Å². The van der Waals surface area contributed by atoms with Crippen LogP contribution in [0.2, 0.25) is 0 Å². The van der Waals surface area contributed by atoms with Crippen LogP contribution in [-0.2, 0) is 11.3 Å². The minimum atomic E-state index is -0.364. The van der Waals surface area contributed by atoms with Gasteiger partial charge in [-0.3, -0.25) is 14.6 Å². The largest absolute Gasteiger partial charge is 0.347 e. The molecule has 0 aliphatic carbocycles. The van der Waals surface area contributed by atoms with Crippen LogP contribution in [0.4, 0.5) is 0 Å². The number of rotatable bonds is 7. The monoisotopic (exact) mass is 413 g/mol. The van der Waals surface area contributed by atoms with Crippen molar-refractivity contribution in [2.45, 2.75) is 33.2 Å². The summed E-state index contributed by atoms with van der Waals surface area (Å²) in [7, 11) is 0. The van der Waals surface area contributed by atoms with E-state index in [-0.39, 0.29) is 17.5 Å². The number of carbonyl (C=O) groups is 2. The smallest absolute Gasteiger partial charge is 0.268 e. The van der Waals surface area contributed by atoms with Gasteiger partial charge in [-0.1, -0.05) is 61.9 Å². The Morgan fingerprint density at radius 2 is 1.71 bits per heavy atom. The van der Waals surface area contributed by atoms with E-state index >= 15 is 0 Å². The van der Waals surface area contributed by atoms with Crippen LogP contribution in [0, 0.1) is 6.92 Å². The molecule has 31 heavy (non-hydrogen) atoms. The zero-order valence-electron chi connectivity index (χ0n) is 18.1. The molecule has 1 aromatic heterocycles. The van der Waals surface area contributed by atoms with Gasteiger partial charge in [-0.2, -0.15) is 0 Å². The van der Waals surface area contributed by atoms with E-state index < -0.39 is 0 Å². The lowest BCUT2D eigenvalue weighted by Crippen LogP contribution is -2.34. The van der Waals surface area contributed by atoms with Gasteiger partial charge < -0.3 is 10.6 Å². The molecule has 0 saturated heterocycles. The summed E-state index contributed by atoms with van der Waals surface area (Å²) in [6.45, 7) is 6.53. The Morgan fingerprint density at radius 1 is 1.00 bits per heavy atom. The van der Waals surface area contributed by atoms with Crippen LogP contribution in [0.1, 0.15) is 52.4 Å². The van der Waals surface area contributed by atoms with Crippen LogP contribution in [-0.4, -0.2) is 16.8 Å². The first-order chi connectivity index (χ1) is 14.9. The Morgan fingerprint density at radius 3 is 2.32 bits per heavy atom. The first kappa shape index (κ1) is 22.0. The summed E-state index contributed by atoms with van der Waals surface area (Å²) in [6.07, 6.45) is 5.06. The number of benzene rings is 2. The molecular weight excluding hydrogens is 386 g/mol. The zero-order chi connectivity index (χ0) is 22.2. The minimum Gasteiger partial charge on any atom is -0.347 e. The van der Waals surface area contributed by atoms with E-state index in [1.165, 1.54) is 5.56 Å². The molecule has 3 aromatic rings. The Kier molecular flexibility index (Phi) is 7.33. The van der Waals surface area contributed by atoms with Crippen molar-refractivity contribution in [2.24, 2.45) is 0 Å². The highest BCUT2D eigenvalue weighted by Crippen LogP contribution is 2.16. The van der Waals surface area contributed by atoms with E-state index in [0.717, 1.165) is 16.7 Å². The number of pyridine rings is 1. The standard InChI is InChI=1S/C26H27N3O2/c1-18(2)22-12-8-20(9-13-22)15-24(26(31)28-17-21-5-4-14-27-16-21)29-25(30)23-10-6-19(3)7-11-23/h4-16,18H,17H2,1-3H3,(H,28,31)(H,29,30). The average molecular weight is 414 g/mol. The summed E-state index contributed by atoms with van der Waals surface area (Å²) in [4.78, 5) is 29.7. The molecular formula is C26H27N3O2. The second-order valence-corrected chi connectivity index (χ2v) is 7.74. The highest BCUT2D eigenvalue weighted by molar-refractivity contribution is 6.05. The van der Waals surface area contributed by atoms with Crippen LogP contribution >= 0.6 is 0 Å². The lowest BCUT2D eigenvalue weighted by atomic mass is 10.0. The number of amides is 2. The summed E-state index contributed by atoms with van der Waals surface area (Å²) in [5, 5.41) is 5.62. The van der Waals surface area contributed by atoms with Crippen molar-refractivity contribution in [1.29, 1.82) is 0 Å².